The number of halogens is 1. The lowest BCUT2D eigenvalue weighted by Gasteiger charge is -2.09. The van der Waals surface area contributed by atoms with E-state index in [4.69, 9.17) is 4.74 Å². The van der Waals surface area contributed by atoms with Crippen LogP contribution in [0.2, 0.25) is 0 Å². The number of carbonyl (C=O) groups is 1. The maximum absolute atomic E-state index is 12.0. The molecule has 0 aliphatic carbocycles. The van der Waals surface area contributed by atoms with Crippen LogP contribution in [0.5, 0.6) is 5.75 Å². The zero-order chi connectivity index (χ0) is 15.7. The van der Waals surface area contributed by atoms with E-state index in [9.17, 15) is 4.79 Å². The van der Waals surface area contributed by atoms with Gasteiger partial charge in [0.15, 0.2) is 0 Å². The number of hydrogen-bond donors (Lipinski definition) is 1. The molecule has 0 bridgehead atoms. The lowest BCUT2D eigenvalue weighted by atomic mass is 10.2. The number of rotatable bonds is 4. The summed E-state index contributed by atoms with van der Waals surface area (Å²) in [5, 5.41) is 2.88. The summed E-state index contributed by atoms with van der Waals surface area (Å²) in [4.78, 5) is 12.0. The highest BCUT2D eigenvalue weighted by molar-refractivity contribution is 9.10. The molecule has 0 radical (unpaired) electrons. The van der Waals surface area contributed by atoms with Gasteiger partial charge in [0.2, 0.25) is 0 Å². The van der Waals surface area contributed by atoms with Crippen LogP contribution in [-0.4, -0.2) is 13.0 Å². The Bertz CT molecular complexity index is 567. The van der Waals surface area contributed by atoms with Crippen molar-refractivity contribution >= 4 is 21.8 Å². The molecule has 0 heterocycles. The Labute approximate surface area is 134 Å². The summed E-state index contributed by atoms with van der Waals surface area (Å²) in [5.74, 6) is 0.678. The van der Waals surface area contributed by atoms with Crippen LogP contribution in [0, 0.1) is 0 Å². The Hall–Kier alpha value is -1.81. The minimum Gasteiger partial charge on any atom is -0.496 e. The van der Waals surface area contributed by atoms with Crippen LogP contribution in [0.25, 0.3) is 0 Å². The van der Waals surface area contributed by atoms with Crippen molar-refractivity contribution in [2.24, 2.45) is 0 Å². The van der Waals surface area contributed by atoms with Crippen molar-refractivity contribution in [1.82, 2.24) is 5.32 Å². The lowest BCUT2D eigenvalue weighted by Crippen LogP contribution is -2.22. The average molecular weight is 350 g/mol. The van der Waals surface area contributed by atoms with Gasteiger partial charge < -0.3 is 10.1 Å². The van der Waals surface area contributed by atoms with Crippen molar-refractivity contribution < 1.29 is 9.53 Å². The van der Waals surface area contributed by atoms with Gasteiger partial charge in [-0.25, -0.2) is 0 Å². The molecule has 0 saturated carbocycles. The van der Waals surface area contributed by atoms with Crippen molar-refractivity contribution in [3.63, 3.8) is 0 Å². The van der Waals surface area contributed by atoms with Crippen LogP contribution in [-0.2, 0) is 6.54 Å². The van der Waals surface area contributed by atoms with Crippen molar-refractivity contribution in [3.05, 3.63) is 64.1 Å². The molecule has 1 N–H and O–H groups in total. The van der Waals surface area contributed by atoms with Gasteiger partial charge in [-0.2, -0.15) is 0 Å². The lowest BCUT2D eigenvalue weighted by molar-refractivity contribution is 0.0950. The number of methoxy groups -OCH3 is 1. The fraction of sp³-hybridized carbons (Fsp3) is 0.235. The van der Waals surface area contributed by atoms with Gasteiger partial charge >= 0.3 is 0 Å². The topological polar surface area (TPSA) is 38.3 Å². The molecule has 0 saturated heterocycles. The van der Waals surface area contributed by atoms with Gasteiger partial charge in [-0.05, 0) is 30.3 Å². The van der Waals surface area contributed by atoms with Gasteiger partial charge in [-0.15, -0.1) is 0 Å². The van der Waals surface area contributed by atoms with E-state index in [1.807, 2.05) is 50.2 Å². The number of hydrogen-bond acceptors (Lipinski definition) is 2. The molecule has 1 amide bonds. The highest BCUT2D eigenvalue weighted by atomic mass is 79.9. The maximum Gasteiger partial charge on any atom is 0.251 e. The third kappa shape index (κ3) is 5.23. The van der Waals surface area contributed by atoms with Gasteiger partial charge in [0.1, 0.15) is 5.75 Å². The van der Waals surface area contributed by atoms with Crippen LogP contribution in [0.15, 0.2) is 53.0 Å². The minimum atomic E-state index is -0.0987. The molecular formula is C17H20BrNO2. The Morgan fingerprint density at radius 3 is 2.33 bits per heavy atom. The molecule has 0 spiro atoms. The van der Waals surface area contributed by atoms with E-state index in [0.717, 1.165) is 15.8 Å². The number of nitrogens with one attached hydrogen (secondary N) is 1. The standard InChI is InChI=1S/C15H14BrNO2.C2H6/c1-19-14-5-3-2-4-12(14)10-17-15(18)11-6-8-13(16)9-7-11;1-2/h2-9H,10H2,1H3,(H,17,18);1-2H3. The highest BCUT2D eigenvalue weighted by Gasteiger charge is 2.07. The molecule has 0 aliphatic rings. The van der Waals surface area contributed by atoms with Crippen molar-refractivity contribution in [3.8, 4) is 5.75 Å². The molecule has 4 heteroatoms. The van der Waals surface area contributed by atoms with Crippen molar-refractivity contribution in [2.45, 2.75) is 20.4 Å². The Balaban J connectivity index is 0.00000106. The summed E-state index contributed by atoms with van der Waals surface area (Å²) in [7, 11) is 1.62. The number of para-hydroxylation sites is 1. The van der Waals surface area contributed by atoms with Gasteiger partial charge in [0.25, 0.3) is 5.91 Å². The van der Waals surface area contributed by atoms with Crippen LogP contribution >= 0.6 is 15.9 Å². The Morgan fingerprint density at radius 1 is 1.10 bits per heavy atom. The van der Waals surface area contributed by atoms with E-state index in [2.05, 4.69) is 21.2 Å². The zero-order valence-corrected chi connectivity index (χ0v) is 14.1. The monoisotopic (exact) mass is 349 g/mol. The van der Waals surface area contributed by atoms with E-state index >= 15 is 0 Å². The predicted octanol–water partition coefficient (Wildman–Crippen LogP) is 4.41. The predicted molar refractivity (Wildman–Crippen MR) is 89.7 cm³/mol. The molecule has 0 atom stereocenters. The first-order valence-corrected chi connectivity index (χ1v) is 7.65. The SMILES string of the molecule is CC.COc1ccccc1CNC(=O)c1ccc(Br)cc1. The molecule has 2 aromatic rings. The zero-order valence-electron chi connectivity index (χ0n) is 12.5. The fourth-order valence-corrected chi connectivity index (χ4v) is 1.99. The van der Waals surface area contributed by atoms with E-state index in [1.165, 1.54) is 0 Å². The number of carbonyl (C=O) groups excluding carboxylic acids is 1. The first kappa shape index (κ1) is 17.2. The third-order valence-corrected chi connectivity index (χ3v) is 3.27. The minimum absolute atomic E-state index is 0.0987. The number of benzene rings is 2. The van der Waals surface area contributed by atoms with Gasteiger partial charge in [-0.1, -0.05) is 48.0 Å². The summed E-state index contributed by atoms with van der Waals surface area (Å²) in [6, 6.07) is 14.9. The largest absolute Gasteiger partial charge is 0.496 e. The van der Waals surface area contributed by atoms with Gasteiger partial charge in [-0.3, -0.25) is 4.79 Å². The smallest absolute Gasteiger partial charge is 0.251 e. The third-order valence-electron chi connectivity index (χ3n) is 2.74. The second-order valence-electron chi connectivity index (χ2n) is 4.00. The fourth-order valence-electron chi connectivity index (χ4n) is 1.73. The van der Waals surface area contributed by atoms with E-state index in [0.29, 0.717) is 12.1 Å². The van der Waals surface area contributed by atoms with E-state index in [-0.39, 0.29) is 5.91 Å². The normalized spacial score (nSPS) is 9.33. The van der Waals surface area contributed by atoms with Crippen LogP contribution in [0.1, 0.15) is 29.8 Å². The molecule has 2 rings (SSSR count). The van der Waals surface area contributed by atoms with Gasteiger partial charge in [0.05, 0.1) is 7.11 Å². The molecule has 3 nitrogen and oxygen atoms in total. The van der Waals surface area contributed by atoms with Crippen LogP contribution in [0.4, 0.5) is 0 Å². The molecule has 21 heavy (non-hydrogen) atoms. The van der Waals surface area contributed by atoms with E-state index < -0.39 is 0 Å². The second-order valence-corrected chi connectivity index (χ2v) is 4.92. The average Bonchev–Trinajstić information content (AvgIpc) is 2.55. The number of ether oxygens (including phenoxy) is 1. The van der Waals surface area contributed by atoms with Crippen LogP contribution < -0.4 is 10.1 Å². The molecule has 0 aromatic heterocycles. The van der Waals surface area contributed by atoms with Gasteiger partial charge in [0, 0.05) is 22.1 Å². The maximum atomic E-state index is 12.0. The van der Waals surface area contributed by atoms with Crippen molar-refractivity contribution in [1.29, 1.82) is 0 Å². The molecule has 0 aliphatic heterocycles. The van der Waals surface area contributed by atoms with E-state index in [1.54, 1.807) is 19.2 Å². The molecular weight excluding hydrogens is 330 g/mol. The first-order valence-electron chi connectivity index (χ1n) is 6.86. The van der Waals surface area contributed by atoms with Crippen LogP contribution in [0.3, 0.4) is 0 Å². The Morgan fingerprint density at radius 2 is 1.71 bits per heavy atom. The summed E-state index contributed by atoms with van der Waals surface area (Å²) in [6.07, 6.45) is 0. The molecule has 2 aromatic carbocycles. The molecule has 0 fully saturated rings. The first-order chi connectivity index (χ1) is 10.2. The van der Waals surface area contributed by atoms with Crippen molar-refractivity contribution in [2.75, 3.05) is 7.11 Å². The quantitative estimate of drug-likeness (QED) is 0.887. The summed E-state index contributed by atoms with van der Waals surface area (Å²) < 4.78 is 6.19. The molecule has 0 unspecified atom stereocenters. The number of amides is 1. The summed E-state index contributed by atoms with van der Waals surface area (Å²) in [5.41, 5.74) is 1.59. The molecule has 112 valence electrons. The summed E-state index contributed by atoms with van der Waals surface area (Å²) in [6.45, 7) is 4.44. The highest BCUT2D eigenvalue weighted by Crippen LogP contribution is 2.17. The summed E-state index contributed by atoms with van der Waals surface area (Å²) >= 11 is 3.34. The second kappa shape index (κ2) is 9.19. The Kier molecular flexibility index (Phi) is 7.54.